The smallest absolute Gasteiger partial charge is 0.311 e. The second-order valence-electron chi connectivity index (χ2n) is 8.80. The molecule has 4 rings (SSSR count). The summed E-state index contributed by atoms with van der Waals surface area (Å²) in [5.41, 5.74) is 1.66. The van der Waals surface area contributed by atoms with Crippen molar-refractivity contribution in [2.75, 3.05) is 19.6 Å². The lowest BCUT2D eigenvalue weighted by atomic mass is 9.61. The SMILES string of the molecule is CC1=C2[C@H]3OC(=O)C(CN4CC(C)OC(C)C4)[C@@H]3CC[C@@]2(C)C=CC1=O. The molecule has 0 aromatic carbocycles. The third-order valence-corrected chi connectivity index (χ3v) is 6.67. The first kappa shape index (κ1) is 17.9. The van der Waals surface area contributed by atoms with Crippen LogP contribution in [0.3, 0.4) is 0 Å². The molecule has 2 aliphatic heterocycles. The molecule has 0 aromatic heterocycles. The zero-order valence-corrected chi connectivity index (χ0v) is 16.2. The number of ether oxygens (including phenoxy) is 2. The summed E-state index contributed by atoms with van der Waals surface area (Å²) in [5, 5.41) is 0. The van der Waals surface area contributed by atoms with Crippen LogP contribution in [-0.2, 0) is 19.1 Å². The van der Waals surface area contributed by atoms with Crippen LogP contribution < -0.4 is 0 Å². The van der Waals surface area contributed by atoms with Gasteiger partial charge in [0, 0.05) is 36.5 Å². The van der Waals surface area contributed by atoms with E-state index in [0.29, 0.717) is 0 Å². The minimum atomic E-state index is -0.240. The van der Waals surface area contributed by atoms with E-state index >= 15 is 0 Å². The van der Waals surface area contributed by atoms with Gasteiger partial charge >= 0.3 is 5.97 Å². The molecule has 0 radical (unpaired) electrons. The number of morpholine rings is 1. The van der Waals surface area contributed by atoms with Crippen LogP contribution in [0.15, 0.2) is 23.3 Å². The van der Waals surface area contributed by atoms with Crippen molar-refractivity contribution in [2.45, 2.75) is 58.8 Å². The van der Waals surface area contributed by atoms with Gasteiger partial charge in [0.1, 0.15) is 6.10 Å². The normalized spacial score (nSPS) is 43.3. The number of carbonyl (C=O) groups excluding carboxylic acids is 2. The van der Waals surface area contributed by atoms with Crippen LogP contribution in [0, 0.1) is 17.3 Å². The lowest BCUT2D eigenvalue weighted by Gasteiger charge is -2.43. The van der Waals surface area contributed by atoms with Gasteiger partial charge in [-0.05, 0) is 45.3 Å². The highest BCUT2D eigenvalue weighted by atomic mass is 16.6. The van der Waals surface area contributed by atoms with E-state index in [4.69, 9.17) is 9.47 Å². The van der Waals surface area contributed by atoms with Crippen molar-refractivity contribution >= 4 is 11.8 Å². The summed E-state index contributed by atoms with van der Waals surface area (Å²) in [6.45, 7) is 10.6. The van der Waals surface area contributed by atoms with E-state index in [9.17, 15) is 9.59 Å². The van der Waals surface area contributed by atoms with Crippen LogP contribution >= 0.6 is 0 Å². The Bertz CT molecular complexity index is 686. The van der Waals surface area contributed by atoms with Crippen LogP contribution in [0.1, 0.15) is 40.5 Å². The predicted octanol–water partition coefficient (Wildman–Crippen LogP) is 2.51. The number of hydrogen-bond donors (Lipinski definition) is 0. The van der Waals surface area contributed by atoms with E-state index in [2.05, 4.69) is 25.7 Å². The van der Waals surface area contributed by atoms with Crippen molar-refractivity contribution < 1.29 is 19.1 Å². The van der Waals surface area contributed by atoms with Gasteiger partial charge in [-0.15, -0.1) is 0 Å². The topological polar surface area (TPSA) is 55.8 Å². The summed E-state index contributed by atoms with van der Waals surface area (Å²) in [7, 11) is 0. The molecule has 142 valence electrons. The highest BCUT2D eigenvalue weighted by Crippen LogP contribution is 2.53. The molecule has 0 amide bonds. The first-order chi connectivity index (χ1) is 12.3. The van der Waals surface area contributed by atoms with E-state index in [1.165, 1.54) is 0 Å². The molecular weight excluding hydrogens is 330 g/mol. The summed E-state index contributed by atoms with van der Waals surface area (Å²) >= 11 is 0. The van der Waals surface area contributed by atoms with Gasteiger partial charge in [0.2, 0.25) is 0 Å². The lowest BCUT2D eigenvalue weighted by Crippen LogP contribution is -2.49. The van der Waals surface area contributed by atoms with Crippen molar-refractivity contribution in [3.05, 3.63) is 23.3 Å². The fourth-order valence-corrected chi connectivity index (χ4v) is 5.49. The van der Waals surface area contributed by atoms with E-state index in [-0.39, 0.29) is 47.3 Å². The zero-order chi connectivity index (χ0) is 18.6. The van der Waals surface area contributed by atoms with Gasteiger partial charge in [-0.2, -0.15) is 0 Å². The van der Waals surface area contributed by atoms with Crippen molar-refractivity contribution in [1.29, 1.82) is 0 Å². The molecule has 2 heterocycles. The number of rotatable bonds is 2. The maximum absolute atomic E-state index is 12.7. The Kier molecular flexibility index (Phi) is 4.35. The minimum Gasteiger partial charge on any atom is -0.457 e. The van der Waals surface area contributed by atoms with Crippen molar-refractivity contribution in [3.8, 4) is 0 Å². The van der Waals surface area contributed by atoms with Crippen LogP contribution in [0.4, 0.5) is 0 Å². The average molecular weight is 359 g/mol. The van der Waals surface area contributed by atoms with E-state index < -0.39 is 0 Å². The maximum atomic E-state index is 12.7. The predicted molar refractivity (Wildman–Crippen MR) is 97.5 cm³/mol. The molecule has 2 saturated heterocycles. The molecule has 0 aromatic rings. The van der Waals surface area contributed by atoms with Crippen molar-refractivity contribution in [2.24, 2.45) is 17.3 Å². The zero-order valence-electron chi connectivity index (χ0n) is 16.2. The molecule has 3 fully saturated rings. The lowest BCUT2D eigenvalue weighted by molar-refractivity contribution is -0.145. The summed E-state index contributed by atoms with van der Waals surface area (Å²) in [4.78, 5) is 27.3. The molecule has 1 saturated carbocycles. The van der Waals surface area contributed by atoms with Crippen LogP contribution in [0.2, 0.25) is 0 Å². The third-order valence-electron chi connectivity index (χ3n) is 6.67. The Hall–Kier alpha value is -1.46. The Morgan fingerprint density at radius 3 is 2.62 bits per heavy atom. The van der Waals surface area contributed by atoms with Gasteiger partial charge in [-0.25, -0.2) is 0 Å². The van der Waals surface area contributed by atoms with Crippen LogP contribution in [0.25, 0.3) is 0 Å². The number of allylic oxidation sites excluding steroid dienone is 3. The molecular formula is C21H29NO4. The largest absolute Gasteiger partial charge is 0.457 e. The van der Waals surface area contributed by atoms with Gasteiger partial charge in [0.05, 0.1) is 18.1 Å². The van der Waals surface area contributed by atoms with Gasteiger partial charge < -0.3 is 9.47 Å². The van der Waals surface area contributed by atoms with Gasteiger partial charge in [-0.1, -0.05) is 13.0 Å². The molecule has 0 spiro atoms. The third kappa shape index (κ3) is 2.85. The molecule has 0 bridgehead atoms. The van der Waals surface area contributed by atoms with Gasteiger partial charge in [0.25, 0.3) is 0 Å². The van der Waals surface area contributed by atoms with Crippen LogP contribution in [0.5, 0.6) is 0 Å². The molecule has 26 heavy (non-hydrogen) atoms. The summed E-state index contributed by atoms with van der Waals surface area (Å²) in [6, 6.07) is 0. The first-order valence-electron chi connectivity index (χ1n) is 9.81. The number of carbonyl (C=O) groups is 2. The molecule has 5 nitrogen and oxygen atoms in total. The highest BCUT2D eigenvalue weighted by molar-refractivity contribution is 6.05. The molecule has 0 N–H and O–H groups in total. The van der Waals surface area contributed by atoms with Crippen molar-refractivity contribution in [1.82, 2.24) is 4.90 Å². The molecule has 6 atom stereocenters. The van der Waals surface area contributed by atoms with E-state index in [0.717, 1.165) is 43.6 Å². The Morgan fingerprint density at radius 1 is 1.23 bits per heavy atom. The fraction of sp³-hybridized carbons (Fsp3) is 0.714. The van der Waals surface area contributed by atoms with E-state index in [1.807, 2.05) is 13.0 Å². The van der Waals surface area contributed by atoms with Crippen molar-refractivity contribution in [3.63, 3.8) is 0 Å². The number of hydrogen-bond acceptors (Lipinski definition) is 5. The Labute approximate surface area is 155 Å². The van der Waals surface area contributed by atoms with Crippen LogP contribution in [-0.4, -0.2) is 54.6 Å². The highest BCUT2D eigenvalue weighted by Gasteiger charge is 2.54. The van der Waals surface area contributed by atoms with Gasteiger partial charge in [0.15, 0.2) is 5.78 Å². The summed E-state index contributed by atoms with van der Waals surface area (Å²) in [5.74, 6) is 0.0171. The first-order valence-corrected chi connectivity index (χ1v) is 9.81. The van der Waals surface area contributed by atoms with Gasteiger partial charge in [-0.3, -0.25) is 14.5 Å². The maximum Gasteiger partial charge on any atom is 0.311 e. The molecule has 3 unspecified atom stereocenters. The molecule has 5 heteroatoms. The number of esters is 1. The minimum absolute atomic E-state index is 0.0495. The standard InChI is InChI=1S/C21H29NO4/c1-12-9-22(10-13(2)25-12)11-16-15-5-7-21(4)8-6-17(23)14(3)18(21)19(15)26-20(16)24/h6,8,12-13,15-16,19H,5,7,9-11H2,1-4H3/t12?,13?,15-,16?,19-,21-/m0/s1. The summed E-state index contributed by atoms with van der Waals surface area (Å²) < 4.78 is 11.7. The molecule has 2 aliphatic carbocycles. The average Bonchev–Trinajstić information content (AvgIpc) is 2.86. The summed E-state index contributed by atoms with van der Waals surface area (Å²) in [6.07, 6.45) is 5.76. The number of ketones is 1. The Morgan fingerprint density at radius 2 is 1.92 bits per heavy atom. The molecule has 4 aliphatic rings. The number of nitrogens with zero attached hydrogens (tertiary/aromatic N) is 1. The second kappa shape index (κ2) is 6.31. The monoisotopic (exact) mass is 359 g/mol. The number of fused-ring (bicyclic) bond motifs is 3. The Balaban J connectivity index is 1.57. The second-order valence-corrected chi connectivity index (χ2v) is 8.80. The van der Waals surface area contributed by atoms with E-state index in [1.54, 1.807) is 6.08 Å². The quantitative estimate of drug-likeness (QED) is 0.709. The fourth-order valence-electron chi connectivity index (χ4n) is 5.49.